The summed E-state index contributed by atoms with van der Waals surface area (Å²) in [6.07, 6.45) is 5.63. The number of aromatic nitrogens is 1. The monoisotopic (exact) mass is 251 g/mol. The third kappa shape index (κ3) is 2.40. The largest absolute Gasteiger partial charge is 0.352 e. The lowest BCUT2D eigenvalue weighted by atomic mass is 10.1. The van der Waals surface area contributed by atoms with E-state index in [1.165, 1.54) is 38.9 Å². The molecule has 0 aliphatic carbocycles. The van der Waals surface area contributed by atoms with E-state index in [1.54, 1.807) is 6.20 Å². The fourth-order valence-electron chi connectivity index (χ4n) is 2.94. The fraction of sp³-hybridized carbons (Fsp3) is 0.615. The summed E-state index contributed by atoms with van der Waals surface area (Å²) in [5.74, 6) is 1.09. The fourth-order valence-corrected chi connectivity index (χ4v) is 3.06. The molecule has 0 N–H and O–H groups in total. The third-order valence-corrected chi connectivity index (χ3v) is 4.12. The van der Waals surface area contributed by atoms with Crippen LogP contribution in [0.25, 0.3) is 0 Å². The average Bonchev–Trinajstić information content (AvgIpc) is 2.65. The highest BCUT2D eigenvalue weighted by molar-refractivity contribution is 6.30. The molecule has 1 aromatic rings. The Labute approximate surface area is 107 Å². The molecule has 3 heterocycles. The minimum absolute atomic E-state index is 0.663. The number of rotatable bonds is 1. The summed E-state index contributed by atoms with van der Waals surface area (Å²) in [5.41, 5.74) is 0. The molecule has 1 aromatic heterocycles. The van der Waals surface area contributed by atoms with Gasteiger partial charge in [-0.1, -0.05) is 11.6 Å². The van der Waals surface area contributed by atoms with Crippen molar-refractivity contribution in [3.8, 4) is 0 Å². The lowest BCUT2D eigenvalue weighted by Crippen LogP contribution is -2.39. The summed E-state index contributed by atoms with van der Waals surface area (Å²) in [4.78, 5) is 9.51. The summed E-state index contributed by atoms with van der Waals surface area (Å²) in [6.45, 7) is 4.78. The summed E-state index contributed by atoms with van der Waals surface area (Å²) in [6, 6.07) is 4.65. The van der Waals surface area contributed by atoms with Crippen LogP contribution in [0.3, 0.4) is 0 Å². The van der Waals surface area contributed by atoms with Crippen molar-refractivity contribution in [2.45, 2.75) is 25.3 Å². The molecule has 2 aliphatic rings. The second-order valence-corrected chi connectivity index (χ2v) is 5.39. The van der Waals surface area contributed by atoms with Crippen molar-refractivity contribution in [3.63, 3.8) is 0 Å². The Kier molecular flexibility index (Phi) is 3.21. The van der Waals surface area contributed by atoms with Crippen LogP contribution >= 0.6 is 11.6 Å². The van der Waals surface area contributed by atoms with Crippen LogP contribution < -0.4 is 4.90 Å². The lowest BCUT2D eigenvalue weighted by molar-refractivity contribution is 0.298. The molecule has 3 nitrogen and oxygen atoms in total. The van der Waals surface area contributed by atoms with Gasteiger partial charge in [0.25, 0.3) is 0 Å². The molecule has 2 atom stereocenters. The molecule has 2 unspecified atom stereocenters. The van der Waals surface area contributed by atoms with Crippen LogP contribution in [0.4, 0.5) is 5.82 Å². The molecule has 0 spiro atoms. The number of nitrogens with zero attached hydrogens (tertiary/aromatic N) is 3. The molecule has 2 fully saturated rings. The van der Waals surface area contributed by atoms with E-state index in [0.29, 0.717) is 11.1 Å². The van der Waals surface area contributed by atoms with Crippen LogP contribution in [0.5, 0.6) is 0 Å². The number of hydrogen-bond acceptors (Lipinski definition) is 3. The van der Waals surface area contributed by atoms with Crippen molar-refractivity contribution in [2.75, 3.05) is 31.1 Å². The van der Waals surface area contributed by atoms with Gasteiger partial charge in [-0.05, 0) is 37.9 Å². The maximum absolute atomic E-state index is 5.90. The SMILES string of the molecule is Clc1ccc(N2CCN3CCCC2CC3)nc1. The highest BCUT2D eigenvalue weighted by Gasteiger charge is 2.27. The molecule has 0 amide bonds. The van der Waals surface area contributed by atoms with Crippen molar-refractivity contribution in [1.29, 1.82) is 0 Å². The number of anilines is 1. The van der Waals surface area contributed by atoms with Crippen molar-refractivity contribution in [1.82, 2.24) is 9.88 Å². The van der Waals surface area contributed by atoms with Crippen molar-refractivity contribution in [2.24, 2.45) is 0 Å². The first-order valence-corrected chi connectivity index (χ1v) is 6.81. The van der Waals surface area contributed by atoms with Gasteiger partial charge in [-0.15, -0.1) is 0 Å². The lowest BCUT2D eigenvalue weighted by Gasteiger charge is -2.32. The zero-order valence-corrected chi connectivity index (χ0v) is 10.7. The normalized spacial score (nSPS) is 28.9. The van der Waals surface area contributed by atoms with Gasteiger partial charge in [-0.25, -0.2) is 4.98 Å². The maximum Gasteiger partial charge on any atom is 0.128 e. The van der Waals surface area contributed by atoms with Crippen molar-refractivity contribution in [3.05, 3.63) is 23.4 Å². The van der Waals surface area contributed by atoms with E-state index in [1.807, 2.05) is 12.1 Å². The Morgan fingerprint density at radius 2 is 2.06 bits per heavy atom. The summed E-state index contributed by atoms with van der Waals surface area (Å²) >= 11 is 5.90. The molecule has 3 rings (SSSR count). The van der Waals surface area contributed by atoms with Gasteiger partial charge in [-0.3, -0.25) is 0 Å². The first kappa shape index (κ1) is 11.3. The Morgan fingerprint density at radius 1 is 1.12 bits per heavy atom. The second-order valence-electron chi connectivity index (χ2n) is 4.95. The topological polar surface area (TPSA) is 19.4 Å². The molecule has 0 aromatic carbocycles. The number of hydrogen-bond donors (Lipinski definition) is 0. The first-order valence-electron chi connectivity index (χ1n) is 6.43. The molecule has 92 valence electrons. The number of pyridine rings is 1. The van der Waals surface area contributed by atoms with E-state index < -0.39 is 0 Å². The predicted octanol–water partition coefficient (Wildman–Crippen LogP) is 2.41. The Bertz CT molecular complexity index is 379. The number of halogens is 1. The van der Waals surface area contributed by atoms with Crippen LogP contribution in [0.2, 0.25) is 5.02 Å². The van der Waals surface area contributed by atoms with Crippen LogP contribution in [-0.4, -0.2) is 42.1 Å². The van der Waals surface area contributed by atoms with E-state index in [0.717, 1.165) is 12.4 Å². The van der Waals surface area contributed by atoms with Gasteiger partial charge >= 0.3 is 0 Å². The zero-order valence-electron chi connectivity index (χ0n) is 9.98. The molecule has 2 aliphatic heterocycles. The van der Waals surface area contributed by atoms with E-state index in [-0.39, 0.29) is 0 Å². The predicted molar refractivity (Wildman–Crippen MR) is 70.7 cm³/mol. The molecule has 4 heteroatoms. The van der Waals surface area contributed by atoms with Gasteiger partial charge in [0.1, 0.15) is 5.82 Å². The van der Waals surface area contributed by atoms with E-state index >= 15 is 0 Å². The van der Waals surface area contributed by atoms with Gasteiger partial charge in [0.05, 0.1) is 5.02 Å². The minimum atomic E-state index is 0.663. The van der Waals surface area contributed by atoms with Crippen LogP contribution in [0.1, 0.15) is 19.3 Å². The first-order chi connectivity index (χ1) is 8.33. The van der Waals surface area contributed by atoms with Crippen LogP contribution in [0.15, 0.2) is 18.3 Å². The molecule has 0 radical (unpaired) electrons. The second kappa shape index (κ2) is 4.83. The molecule has 2 bridgehead atoms. The molecule has 2 saturated heterocycles. The molecular weight excluding hydrogens is 234 g/mol. The van der Waals surface area contributed by atoms with Gasteiger partial charge in [0.15, 0.2) is 0 Å². The zero-order chi connectivity index (χ0) is 11.7. The summed E-state index contributed by atoms with van der Waals surface area (Å²) < 4.78 is 0. The van der Waals surface area contributed by atoms with E-state index in [4.69, 9.17) is 11.6 Å². The molecule has 0 saturated carbocycles. The maximum atomic E-state index is 5.90. The molecule has 17 heavy (non-hydrogen) atoms. The average molecular weight is 252 g/mol. The van der Waals surface area contributed by atoms with Crippen LogP contribution in [-0.2, 0) is 0 Å². The molecular formula is C13H18ClN3. The van der Waals surface area contributed by atoms with Gasteiger partial charge < -0.3 is 9.80 Å². The summed E-state index contributed by atoms with van der Waals surface area (Å²) in [7, 11) is 0. The van der Waals surface area contributed by atoms with Crippen molar-refractivity contribution >= 4 is 17.4 Å². The Hall–Kier alpha value is -0.800. The van der Waals surface area contributed by atoms with E-state index in [9.17, 15) is 0 Å². The Morgan fingerprint density at radius 3 is 2.88 bits per heavy atom. The third-order valence-electron chi connectivity index (χ3n) is 3.89. The minimum Gasteiger partial charge on any atom is -0.352 e. The van der Waals surface area contributed by atoms with E-state index in [2.05, 4.69) is 14.8 Å². The highest BCUT2D eigenvalue weighted by atomic mass is 35.5. The van der Waals surface area contributed by atoms with Crippen LogP contribution in [0, 0.1) is 0 Å². The number of fused-ring (bicyclic) bond motifs is 3. The van der Waals surface area contributed by atoms with Crippen molar-refractivity contribution < 1.29 is 0 Å². The quantitative estimate of drug-likeness (QED) is 0.764. The van der Waals surface area contributed by atoms with Gasteiger partial charge in [0.2, 0.25) is 0 Å². The smallest absolute Gasteiger partial charge is 0.128 e. The standard InChI is InChI=1S/C13H18ClN3/c14-11-3-4-13(15-10-11)17-9-8-16-6-1-2-12(17)5-7-16/h3-4,10,12H,1-2,5-9H2. The highest BCUT2D eigenvalue weighted by Crippen LogP contribution is 2.25. The van der Waals surface area contributed by atoms with Gasteiger partial charge in [0, 0.05) is 31.9 Å². The summed E-state index contributed by atoms with van der Waals surface area (Å²) in [5, 5.41) is 0.717. The van der Waals surface area contributed by atoms with Gasteiger partial charge in [-0.2, -0.15) is 0 Å². The Balaban J connectivity index is 1.84.